The van der Waals surface area contributed by atoms with Crippen LogP contribution in [0.5, 0.6) is 5.75 Å². The molecule has 0 aromatic heterocycles. The summed E-state index contributed by atoms with van der Waals surface area (Å²) < 4.78 is 5.44. The minimum atomic E-state index is 0.134. The van der Waals surface area contributed by atoms with E-state index >= 15 is 0 Å². The topological polar surface area (TPSA) is 38.3 Å². The number of rotatable bonds is 8. The van der Waals surface area contributed by atoms with Gasteiger partial charge >= 0.3 is 0 Å². The van der Waals surface area contributed by atoms with Crippen molar-refractivity contribution in [3.8, 4) is 17.6 Å². The molecule has 2 aromatic carbocycles. The molecule has 27 heavy (non-hydrogen) atoms. The molecule has 0 saturated carbocycles. The van der Waals surface area contributed by atoms with Crippen molar-refractivity contribution in [1.29, 1.82) is 0 Å². The van der Waals surface area contributed by atoms with Gasteiger partial charge in [0.15, 0.2) is 0 Å². The van der Waals surface area contributed by atoms with E-state index in [2.05, 4.69) is 36.2 Å². The van der Waals surface area contributed by atoms with Crippen LogP contribution in [0.3, 0.4) is 0 Å². The maximum absolute atomic E-state index is 11.8. The van der Waals surface area contributed by atoms with Crippen LogP contribution < -0.4 is 10.1 Å². The van der Waals surface area contributed by atoms with E-state index in [9.17, 15) is 4.79 Å². The minimum absolute atomic E-state index is 0.134. The molecule has 1 amide bonds. The van der Waals surface area contributed by atoms with Gasteiger partial charge in [-0.3, -0.25) is 4.79 Å². The molecule has 1 atom stereocenters. The summed E-state index contributed by atoms with van der Waals surface area (Å²) in [5.41, 5.74) is 3.14. The van der Waals surface area contributed by atoms with Crippen LogP contribution >= 0.6 is 0 Å². The zero-order valence-corrected chi connectivity index (χ0v) is 16.5. The molecular weight excluding hydrogens is 334 g/mol. The normalized spacial score (nSPS) is 11.2. The van der Waals surface area contributed by atoms with Crippen LogP contribution in [0.15, 0.2) is 48.5 Å². The van der Waals surface area contributed by atoms with E-state index in [1.807, 2.05) is 50.2 Å². The second-order valence-corrected chi connectivity index (χ2v) is 6.68. The van der Waals surface area contributed by atoms with Crippen LogP contribution in [0.4, 0.5) is 0 Å². The molecule has 0 bridgehead atoms. The molecule has 3 heteroatoms. The maximum atomic E-state index is 11.8. The number of benzene rings is 2. The molecule has 0 fully saturated rings. The van der Waals surface area contributed by atoms with Crippen LogP contribution in [0.2, 0.25) is 0 Å². The zero-order valence-electron chi connectivity index (χ0n) is 16.5. The average molecular weight is 364 g/mol. The molecule has 142 valence electrons. The molecule has 3 nitrogen and oxygen atoms in total. The quantitative estimate of drug-likeness (QED) is 0.689. The Kier molecular flexibility index (Phi) is 8.45. The van der Waals surface area contributed by atoms with E-state index < -0.39 is 0 Å². The Hall–Kier alpha value is -2.73. The predicted molar refractivity (Wildman–Crippen MR) is 111 cm³/mol. The summed E-state index contributed by atoms with van der Waals surface area (Å²) >= 11 is 0. The highest BCUT2D eigenvalue weighted by molar-refractivity contribution is 5.76. The van der Waals surface area contributed by atoms with Gasteiger partial charge in [0.25, 0.3) is 0 Å². The van der Waals surface area contributed by atoms with Gasteiger partial charge in [0.2, 0.25) is 5.91 Å². The molecule has 1 N–H and O–H groups in total. The lowest BCUT2D eigenvalue weighted by Crippen LogP contribution is -2.33. The van der Waals surface area contributed by atoms with Gasteiger partial charge in [0, 0.05) is 23.6 Å². The van der Waals surface area contributed by atoms with Crippen molar-refractivity contribution in [3.05, 3.63) is 65.2 Å². The van der Waals surface area contributed by atoms with Gasteiger partial charge in [-0.05, 0) is 68.7 Å². The van der Waals surface area contributed by atoms with Crippen LogP contribution in [0.25, 0.3) is 0 Å². The van der Waals surface area contributed by atoms with Crippen molar-refractivity contribution in [3.63, 3.8) is 0 Å². The summed E-state index contributed by atoms with van der Waals surface area (Å²) in [4.78, 5) is 11.8. The summed E-state index contributed by atoms with van der Waals surface area (Å²) in [6, 6.07) is 16.2. The first-order valence-electron chi connectivity index (χ1n) is 9.74. The second kappa shape index (κ2) is 11.1. The number of hydrogen-bond acceptors (Lipinski definition) is 2. The van der Waals surface area contributed by atoms with E-state index in [-0.39, 0.29) is 11.9 Å². The van der Waals surface area contributed by atoms with E-state index in [1.165, 1.54) is 5.56 Å². The highest BCUT2D eigenvalue weighted by atomic mass is 16.5. The third-order valence-electron chi connectivity index (χ3n) is 4.18. The highest BCUT2D eigenvalue weighted by Gasteiger charge is 2.07. The van der Waals surface area contributed by atoms with E-state index in [1.54, 1.807) is 0 Å². The molecule has 1 unspecified atom stereocenters. The third kappa shape index (κ3) is 7.58. The van der Waals surface area contributed by atoms with E-state index in [0.717, 1.165) is 36.1 Å². The Morgan fingerprint density at radius 3 is 2.15 bits per heavy atom. The molecule has 0 spiro atoms. The lowest BCUT2D eigenvalue weighted by molar-refractivity contribution is -0.121. The molecule has 0 radical (unpaired) electrons. The maximum Gasteiger partial charge on any atom is 0.220 e. The summed E-state index contributed by atoms with van der Waals surface area (Å²) in [5.74, 6) is 7.37. The fourth-order valence-corrected chi connectivity index (χ4v) is 2.76. The first kappa shape index (κ1) is 20.6. The number of unbranched alkanes of at least 4 members (excludes halogenated alkanes) is 1. The standard InChI is InChI=1S/C24H29NO2/c1-4-6-7-24(26)25-19(3)18-22-12-10-20(11-13-22)8-9-21-14-16-23(17-15-21)27-5-2/h10-17,19H,4-7,18H2,1-3H3,(H,25,26). The SMILES string of the molecule is CCCCC(=O)NC(C)Cc1ccc(C#Cc2ccc(OCC)cc2)cc1. The van der Waals surface area contributed by atoms with Crippen LogP contribution in [0, 0.1) is 11.8 Å². The Bertz CT molecular complexity index is 767. The molecule has 0 aliphatic carbocycles. The van der Waals surface area contributed by atoms with Gasteiger partial charge in [-0.2, -0.15) is 0 Å². The van der Waals surface area contributed by atoms with E-state index in [4.69, 9.17) is 4.74 Å². The number of carbonyl (C=O) groups excluding carboxylic acids is 1. The van der Waals surface area contributed by atoms with Crippen LogP contribution in [-0.2, 0) is 11.2 Å². The molecule has 0 aliphatic rings. The van der Waals surface area contributed by atoms with E-state index in [0.29, 0.717) is 13.0 Å². The lowest BCUT2D eigenvalue weighted by Gasteiger charge is -2.14. The van der Waals surface area contributed by atoms with Crippen molar-refractivity contribution in [1.82, 2.24) is 5.32 Å². The van der Waals surface area contributed by atoms with Crippen molar-refractivity contribution < 1.29 is 9.53 Å². The number of carbonyl (C=O) groups is 1. The minimum Gasteiger partial charge on any atom is -0.494 e. The van der Waals surface area contributed by atoms with Gasteiger partial charge in [0.05, 0.1) is 6.61 Å². The Morgan fingerprint density at radius 1 is 1.00 bits per heavy atom. The van der Waals surface area contributed by atoms with Crippen molar-refractivity contribution in [2.45, 2.75) is 52.5 Å². The van der Waals surface area contributed by atoms with Gasteiger partial charge in [0.1, 0.15) is 5.75 Å². The van der Waals surface area contributed by atoms with Gasteiger partial charge in [-0.25, -0.2) is 0 Å². The van der Waals surface area contributed by atoms with Crippen molar-refractivity contribution >= 4 is 5.91 Å². The molecule has 0 heterocycles. The lowest BCUT2D eigenvalue weighted by atomic mass is 10.0. The monoisotopic (exact) mass is 363 g/mol. The molecule has 0 saturated heterocycles. The van der Waals surface area contributed by atoms with Crippen LogP contribution in [0.1, 0.15) is 56.7 Å². The summed E-state index contributed by atoms with van der Waals surface area (Å²) in [6.07, 6.45) is 3.42. The summed E-state index contributed by atoms with van der Waals surface area (Å²) in [7, 11) is 0. The molecule has 2 rings (SSSR count). The number of nitrogens with one attached hydrogen (secondary N) is 1. The second-order valence-electron chi connectivity index (χ2n) is 6.68. The highest BCUT2D eigenvalue weighted by Crippen LogP contribution is 2.12. The number of amides is 1. The van der Waals surface area contributed by atoms with Crippen LogP contribution in [-0.4, -0.2) is 18.6 Å². The van der Waals surface area contributed by atoms with Gasteiger partial charge in [-0.1, -0.05) is 37.3 Å². The summed E-state index contributed by atoms with van der Waals surface area (Å²) in [5, 5.41) is 3.06. The van der Waals surface area contributed by atoms with Gasteiger partial charge in [-0.15, -0.1) is 0 Å². The first-order chi connectivity index (χ1) is 13.1. The molecule has 2 aromatic rings. The Morgan fingerprint density at radius 2 is 1.59 bits per heavy atom. The zero-order chi connectivity index (χ0) is 19.5. The molecular formula is C24H29NO2. The Balaban J connectivity index is 1.89. The van der Waals surface area contributed by atoms with Crippen molar-refractivity contribution in [2.75, 3.05) is 6.61 Å². The van der Waals surface area contributed by atoms with Crippen molar-refractivity contribution in [2.24, 2.45) is 0 Å². The smallest absolute Gasteiger partial charge is 0.220 e. The predicted octanol–water partition coefficient (Wildman–Crippen LogP) is 4.72. The first-order valence-corrected chi connectivity index (χ1v) is 9.74. The number of ether oxygens (including phenoxy) is 1. The average Bonchev–Trinajstić information content (AvgIpc) is 2.67. The summed E-state index contributed by atoms with van der Waals surface area (Å²) in [6.45, 7) is 6.78. The largest absolute Gasteiger partial charge is 0.494 e. The van der Waals surface area contributed by atoms with Gasteiger partial charge < -0.3 is 10.1 Å². The fraction of sp³-hybridized carbons (Fsp3) is 0.375. The fourth-order valence-electron chi connectivity index (χ4n) is 2.76. The third-order valence-corrected chi connectivity index (χ3v) is 4.18. The Labute approximate surface area is 163 Å². The number of hydrogen-bond donors (Lipinski definition) is 1. The molecule has 0 aliphatic heterocycles.